The number of fused-ring (bicyclic) bond motifs is 2. The molecule has 0 radical (unpaired) electrons. The Morgan fingerprint density at radius 3 is 2.41 bits per heavy atom. The molecule has 0 saturated heterocycles. The molecule has 1 spiro atoms. The lowest BCUT2D eigenvalue weighted by Crippen LogP contribution is -2.35. The van der Waals surface area contributed by atoms with E-state index in [-0.39, 0.29) is 22.7 Å². The van der Waals surface area contributed by atoms with Gasteiger partial charge in [-0.2, -0.15) is 0 Å². The fraction of sp³-hybridized carbons (Fsp3) is 0.346. The number of halogens is 1. The Kier molecular flexibility index (Phi) is 4.01. The first-order chi connectivity index (χ1) is 15.4. The van der Waals surface area contributed by atoms with Gasteiger partial charge in [0.05, 0.1) is 5.54 Å². The molecule has 2 saturated carbocycles. The molecular formula is C26H25FN4O. The minimum absolute atomic E-state index is 0.0885. The molecule has 3 aliphatic rings. The Balaban J connectivity index is 1.38. The summed E-state index contributed by atoms with van der Waals surface area (Å²) in [6.07, 6.45) is 7.72. The monoisotopic (exact) mass is 428 g/mol. The molecular weight excluding hydrogens is 403 g/mol. The predicted molar refractivity (Wildman–Crippen MR) is 121 cm³/mol. The number of hydrogen-bond acceptors (Lipinski definition) is 4. The van der Waals surface area contributed by atoms with E-state index in [1.807, 2.05) is 18.0 Å². The molecule has 0 unspecified atom stereocenters. The highest BCUT2D eigenvalue weighted by atomic mass is 19.1. The summed E-state index contributed by atoms with van der Waals surface area (Å²) in [6.45, 7) is 2.49. The fourth-order valence-electron chi connectivity index (χ4n) is 5.26. The average molecular weight is 429 g/mol. The number of hydrogen-bond donors (Lipinski definition) is 0. The van der Waals surface area contributed by atoms with Crippen molar-refractivity contribution in [2.75, 3.05) is 18.5 Å². The molecule has 2 heterocycles. The average Bonchev–Trinajstić information content (AvgIpc) is 3.72. The Labute approximate surface area is 186 Å². The standard InChI is InChI=1S/C26H25FN4O/c1-17(32)30(2)26(11-12-26)19-7-8-21-23(13-19)31(16-25(21)9-10-25)24-28-14-18(15-29-24)20-5-3-4-6-22(20)27/h3-8,13-15H,9-12,16H2,1-2H3. The lowest BCUT2D eigenvalue weighted by molar-refractivity contribution is -0.130. The molecule has 162 valence electrons. The zero-order valence-corrected chi connectivity index (χ0v) is 18.3. The number of nitrogens with zero attached hydrogens (tertiary/aromatic N) is 4. The number of benzene rings is 2. The molecule has 1 amide bonds. The summed E-state index contributed by atoms with van der Waals surface area (Å²) >= 11 is 0. The SMILES string of the molecule is CC(=O)N(C)C1(c2ccc3c(c2)N(c2ncc(-c4ccccc4F)cn2)CC32CC2)CC1. The zero-order valence-electron chi connectivity index (χ0n) is 18.3. The van der Waals surface area contributed by atoms with Crippen LogP contribution in [0.4, 0.5) is 16.0 Å². The number of anilines is 2. The van der Waals surface area contributed by atoms with Crippen molar-refractivity contribution in [3.63, 3.8) is 0 Å². The summed E-state index contributed by atoms with van der Waals surface area (Å²) in [5.74, 6) is 0.448. The van der Waals surface area contributed by atoms with Gasteiger partial charge in [0.1, 0.15) is 5.82 Å². The van der Waals surface area contributed by atoms with Crippen LogP contribution in [0.15, 0.2) is 54.9 Å². The van der Waals surface area contributed by atoms with Crippen molar-refractivity contribution in [2.24, 2.45) is 0 Å². The second kappa shape index (κ2) is 6.61. The van der Waals surface area contributed by atoms with Crippen LogP contribution in [0, 0.1) is 5.82 Å². The van der Waals surface area contributed by atoms with Gasteiger partial charge in [0.2, 0.25) is 11.9 Å². The topological polar surface area (TPSA) is 49.3 Å². The maximum Gasteiger partial charge on any atom is 0.229 e. The van der Waals surface area contributed by atoms with E-state index in [1.165, 1.54) is 30.0 Å². The quantitative estimate of drug-likeness (QED) is 0.591. The first-order valence-electron chi connectivity index (χ1n) is 11.2. The van der Waals surface area contributed by atoms with E-state index in [1.54, 1.807) is 31.5 Å². The molecule has 1 aromatic heterocycles. The highest BCUT2D eigenvalue weighted by Gasteiger charge is 2.54. The van der Waals surface area contributed by atoms with Crippen LogP contribution in [-0.4, -0.2) is 34.4 Å². The van der Waals surface area contributed by atoms with Crippen molar-refractivity contribution in [1.29, 1.82) is 0 Å². The Bertz CT molecular complexity index is 1230. The van der Waals surface area contributed by atoms with Crippen LogP contribution in [0.1, 0.15) is 43.7 Å². The third-order valence-corrected chi connectivity index (χ3v) is 7.61. The predicted octanol–water partition coefficient (Wildman–Crippen LogP) is 4.93. The van der Waals surface area contributed by atoms with E-state index >= 15 is 0 Å². The van der Waals surface area contributed by atoms with Gasteiger partial charge in [-0.15, -0.1) is 0 Å². The first-order valence-corrected chi connectivity index (χ1v) is 11.2. The number of carbonyl (C=O) groups excluding carboxylic acids is 1. The van der Waals surface area contributed by atoms with Crippen molar-refractivity contribution >= 4 is 17.5 Å². The van der Waals surface area contributed by atoms with Crippen molar-refractivity contribution in [1.82, 2.24) is 14.9 Å². The van der Waals surface area contributed by atoms with Crippen molar-refractivity contribution < 1.29 is 9.18 Å². The van der Waals surface area contributed by atoms with Crippen LogP contribution in [0.2, 0.25) is 0 Å². The maximum absolute atomic E-state index is 14.2. The summed E-state index contributed by atoms with van der Waals surface area (Å²) in [6, 6.07) is 13.4. The number of carbonyl (C=O) groups is 1. The fourth-order valence-corrected chi connectivity index (χ4v) is 5.26. The van der Waals surface area contributed by atoms with Crippen LogP contribution in [-0.2, 0) is 15.7 Å². The Hall–Kier alpha value is -3.28. The summed E-state index contributed by atoms with van der Waals surface area (Å²) in [7, 11) is 1.90. The highest BCUT2D eigenvalue weighted by molar-refractivity contribution is 5.76. The van der Waals surface area contributed by atoms with E-state index in [0.29, 0.717) is 17.1 Å². The third kappa shape index (κ3) is 2.78. The first kappa shape index (κ1) is 19.4. The third-order valence-electron chi connectivity index (χ3n) is 7.61. The van der Waals surface area contributed by atoms with E-state index < -0.39 is 0 Å². The lowest BCUT2D eigenvalue weighted by Gasteiger charge is -2.28. The molecule has 0 N–H and O–H groups in total. The summed E-state index contributed by atoms with van der Waals surface area (Å²) in [5.41, 5.74) is 4.84. The molecule has 2 aromatic carbocycles. The molecule has 2 fully saturated rings. The van der Waals surface area contributed by atoms with Gasteiger partial charge >= 0.3 is 0 Å². The number of amides is 1. The van der Waals surface area contributed by atoms with Gasteiger partial charge in [0.15, 0.2) is 0 Å². The smallest absolute Gasteiger partial charge is 0.229 e. The van der Waals surface area contributed by atoms with Gasteiger partial charge in [-0.3, -0.25) is 4.79 Å². The van der Waals surface area contributed by atoms with E-state index in [0.717, 1.165) is 25.1 Å². The Morgan fingerprint density at radius 2 is 1.78 bits per heavy atom. The zero-order chi connectivity index (χ0) is 22.1. The molecule has 0 atom stereocenters. The van der Waals surface area contributed by atoms with Crippen molar-refractivity contribution in [3.05, 3.63) is 71.8 Å². The molecule has 3 aromatic rings. The molecule has 5 nitrogen and oxygen atoms in total. The summed E-state index contributed by atoms with van der Waals surface area (Å²) < 4.78 is 14.2. The van der Waals surface area contributed by atoms with Gasteiger partial charge in [0, 0.05) is 55.1 Å². The van der Waals surface area contributed by atoms with Gasteiger partial charge in [-0.25, -0.2) is 14.4 Å². The second-order valence-corrected chi connectivity index (χ2v) is 9.46. The van der Waals surface area contributed by atoms with Crippen LogP contribution in [0.3, 0.4) is 0 Å². The van der Waals surface area contributed by atoms with Crippen LogP contribution < -0.4 is 4.90 Å². The van der Waals surface area contributed by atoms with Gasteiger partial charge < -0.3 is 9.80 Å². The van der Waals surface area contributed by atoms with Crippen LogP contribution in [0.5, 0.6) is 0 Å². The maximum atomic E-state index is 14.2. The van der Waals surface area contributed by atoms with E-state index in [2.05, 4.69) is 33.1 Å². The van der Waals surface area contributed by atoms with Crippen LogP contribution >= 0.6 is 0 Å². The lowest BCUT2D eigenvalue weighted by atomic mass is 9.94. The molecule has 6 heteroatoms. The molecule has 1 aliphatic heterocycles. The minimum atomic E-state index is -0.277. The van der Waals surface area contributed by atoms with Crippen molar-refractivity contribution in [2.45, 2.75) is 43.6 Å². The van der Waals surface area contributed by atoms with Gasteiger partial charge in [0.25, 0.3) is 0 Å². The minimum Gasteiger partial charge on any atom is -0.336 e. The summed E-state index contributed by atoms with van der Waals surface area (Å²) in [5, 5.41) is 0. The van der Waals surface area contributed by atoms with E-state index in [4.69, 9.17) is 0 Å². The molecule has 6 rings (SSSR count). The Morgan fingerprint density at radius 1 is 1.06 bits per heavy atom. The molecule has 0 bridgehead atoms. The molecule has 2 aliphatic carbocycles. The van der Waals surface area contributed by atoms with Gasteiger partial charge in [-0.05, 0) is 48.9 Å². The largest absolute Gasteiger partial charge is 0.336 e. The van der Waals surface area contributed by atoms with Crippen molar-refractivity contribution in [3.8, 4) is 11.1 Å². The normalized spacial score (nSPS) is 19.0. The second-order valence-electron chi connectivity index (χ2n) is 9.46. The highest BCUT2D eigenvalue weighted by Crippen LogP contribution is 2.59. The van der Waals surface area contributed by atoms with Crippen LogP contribution in [0.25, 0.3) is 11.1 Å². The molecule has 32 heavy (non-hydrogen) atoms. The van der Waals surface area contributed by atoms with E-state index in [9.17, 15) is 9.18 Å². The summed E-state index contributed by atoms with van der Waals surface area (Å²) in [4.78, 5) is 25.4. The number of rotatable bonds is 4. The number of aromatic nitrogens is 2. The van der Waals surface area contributed by atoms with Gasteiger partial charge in [-0.1, -0.05) is 30.3 Å².